The van der Waals surface area contributed by atoms with Crippen LogP contribution in [0.5, 0.6) is 0 Å². The highest BCUT2D eigenvalue weighted by Gasteiger charge is 2.24. The van der Waals surface area contributed by atoms with Crippen LogP contribution in [0.3, 0.4) is 0 Å². The highest BCUT2D eigenvalue weighted by atomic mass is 19.1. The van der Waals surface area contributed by atoms with E-state index in [-0.39, 0.29) is 5.82 Å². The van der Waals surface area contributed by atoms with Gasteiger partial charge in [-0.05, 0) is 68.5 Å². The molecule has 1 fully saturated rings. The van der Waals surface area contributed by atoms with Crippen LogP contribution in [0.25, 0.3) is 0 Å². The molecule has 1 aliphatic heterocycles. The average Bonchev–Trinajstić information content (AvgIpc) is 2.49. The minimum Gasteiger partial charge on any atom is -0.382 e. The zero-order valence-electron chi connectivity index (χ0n) is 12.7. The Morgan fingerprint density at radius 2 is 2.10 bits per heavy atom. The van der Waals surface area contributed by atoms with Crippen molar-refractivity contribution in [1.82, 2.24) is 5.32 Å². The Kier molecular flexibility index (Phi) is 5.84. The average molecular weight is 278 g/mol. The third-order valence-electron chi connectivity index (χ3n) is 4.45. The Morgan fingerprint density at radius 1 is 1.35 bits per heavy atom. The van der Waals surface area contributed by atoms with Crippen molar-refractivity contribution in [3.05, 3.63) is 30.1 Å². The van der Waals surface area contributed by atoms with Crippen molar-refractivity contribution in [2.45, 2.75) is 45.6 Å². The Balaban J connectivity index is 2.02. The fourth-order valence-corrected chi connectivity index (χ4v) is 2.95. The van der Waals surface area contributed by atoms with Crippen LogP contribution in [0.15, 0.2) is 24.3 Å². The van der Waals surface area contributed by atoms with Gasteiger partial charge in [0.25, 0.3) is 0 Å². The van der Waals surface area contributed by atoms with Gasteiger partial charge in [0.05, 0.1) is 0 Å². The summed E-state index contributed by atoms with van der Waals surface area (Å²) in [4.78, 5) is 0. The number of piperidine rings is 1. The first-order valence-corrected chi connectivity index (χ1v) is 7.92. The lowest BCUT2D eigenvalue weighted by molar-refractivity contribution is 0.300. The molecule has 3 atom stereocenters. The van der Waals surface area contributed by atoms with Crippen LogP contribution < -0.4 is 10.6 Å². The summed E-state index contributed by atoms with van der Waals surface area (Å²) in [6.07, 6.45) is 4.93. The molecule has 112 valence electrons. The van der Waals surface area contributed by atoms with E-state index in [4.69, 9.17) is 0 Å². The fraction of sp³-hybridized carbons (Fsp3) is 0.647. The van der Waals surface area contributed by atoms with Gasteiger partial charge in [0.2, 0.25) is 0 Å². The number of halogens is 1. The van der Waals surface area contributed by atoms with Gasteiger partial charge >= 0.3 is 0 Å². The van der Waals surface area contributed by atoms with Crippen LogP contribution in [-0.4, -0.2) is 19.1 Å². The molecule has 1 aliphatic rings. The van der Waals surface area contributed by atoms with Gasteiger partial charge in [0.15, 0.2) is 0 Å². The molecule has 0 amide bonds. The third kappa shape index (κ3) is 4.48. The molecule has 2 nitrogen and oxygen atoms in total. The maximum absolute atomic E-state index is 13.0. The van der Waals surface area contributed by atoms with Crippen LogP contribution >= 0.6 is 0 Å². The number of benzene rings is 1. The zero-order valence-corrected chi connectivity index (χ0v) is 12.7. The van der Waals surface area contributed by atoms with Crippen molar-refractivity contribution < 1.29 is 4.39 Å². The monoisotopic (exact) mass is 278 g/mol. The predicted molar refractivity (Wildman–Crippen MR) is 83.5 cm³/mol. The summed E-state index contributed by atoms with van der Waals surface area (Å²) in [7, 11) is 0. The Labute approximate surface area is 122 Å². The lowest BCUT2D eigenvalue weighted by atomic mass is 9.85. The lowest BCUT2D eigenvalue weighted by Crippen LogP contribution is -2.41. The van der Waals surface area contributed by atoms with E-state index in [1.165, 1.54) is 37.8 Å². The highest BCUT2D eigenvalue weighted by Crippen LogP contribution is 2.25. The largest absolute Gasteiger partial charge is 0.382 e. The number of rotatable bonds is 6. The van der Waals surface area contributed by atoms with E-state index in [9.17, 15) is 4.39 Å². The first-order valence-electron chi connectivity index (χ1n) is 7.92. The summed E-state index contributed by atoms with van der Waals surface area (Å²) in [6.45, 7) is 6.80. The molecule has 0 bridgehead atoms. The van der Waals surface area contributed by atoms with E-state index < -0.39 is 0 Å². The minimum atomic E-state index is -0.173. The standard InChI is InChI=1S/C17H27FN2/c1-3-13(2)11-17(14-5-4-10-19-12-14)20-16-8-6-15(18)7-9-16/h6-9,13-14,17,19-20H,3-5,10-12H2,1-2H3. The molecule has 1 aromatic rings. The SMILES string of the molecule is CCC(C)CC(Nc1ccc(F)cc1)C1CCCNC1. The molecule has 1 saturated heterocycles. The van der Waals surface area contributed by atoms with Crippen LogP contribution in [-0.2, 0) is 0 Å². The van der Waals surface area contributed by atoms with Gasteiger partial charge < -0.3 is 10.6 Å². The first kappa shape index (κ1) is 15.3. The maximum Gasteiger partial charge on any atom is 0.123 e. The molecule has 2 rings (SSSR count). The van der Waals surface area contributed by atoms with Crippen molar-refractivity contribution >= 4 is 5.69 Å². The summed E-state index contributed by atoms with van der Waals surface area (Å²) < 4.78 is 13.0. The quantitative estimate of drug-likeness (QED) is 0.820. The van der Waals surface area contributed by atoms with Crippen molar-refractivity contribution in [2.24, 2.45) is 11.8 Å². The van der Waals surface area contributed by atoms with E-state index in [0.717, 1.165) is 24.7 Å². The fourth-order valence-electron chi connectivity index (χ4n) is 2.95. The molecular formula is C17H27FN2. The molecule has 20 heavy (non-hydrogen) atoms. The van der Waals surface area contributed by atoms with Crippen LogP contribution in [0.1, 0.15) is 39.5 Å². The van der Waals surface area contributed by atoms with Crippen LogP contribution in [0.4, 0.5) is 10.1 Å². The minimum absolute atomic E-state index is 0.173. The summed E-state index contributed by atoms with van der Waals surface area (Å²) in [5.41, 5.74) is 1.03. The lowest BCUT2D eigenvalue weighted by Gasteiger charge is -2.33. The van der Waals surface area contributed by atoms with Crippen molar-refractivity contribution in [3.63, 3.8) is 0 Å². The van der Waals surface area contributed by atoms with Crippen molar-refractivity contribution in [2.75, 3.05) is 18.4 Å². The number of nitrogens with one attached hydrogen (secondary N) is 2. The molecule has 1 heterocycles. The Hall–Kier alpha value is -1.09. The van der Waals surface area contributed by atoms with E-state index in [2.05, 4.69) is 24.5 Å². The van der Waals surface area contributed by atoms with Gasteiger partial charge in [-0.2, -0.15) is 0 Å². The Morgan fingerprint density at radius 3 is 2.70 bits per heavy atom. The van der Waals surface area contributed by atoms with Gasteiger partial charge in [-0.1, -0.05) is 20.3 Å². The zero-order chi connectivity index (χ0) is 14.4. The van der Waals surface area contributed by atoms with E-state index in [1.54, 1.807) is 0 Å². The van der Waals surface area contributed by atoms with E-state index in [1.807, 2.05) is 12.1 Å². The Bertz CT molecular complexity index is 384. The normalized spacial score (nSPS) is 22.2. The van der Waals surface area contributed by atoms with Gasteiger partial charge in [0.1, 0.15) is 5.82 Å². The molecular weight excluding hydrogens is 251 g/mol. The van der Waals surface area contributed by atoms with Gasteiger partial charge in [-0.15, -0.1) is 0 Å². The van der Waals surface area contributed by atoms with Gasteiger partial charge in [0, 0.05) is 11.7 Å². The second kappa shape index (κ2) is 7.63. The van der Waals surface area contributed by atoms with Crippen LogP contribution in [0, 0.1) is 17.7 Å². The summed E-state index contributed by atoms with van der Waals surface area (Å²) >= 11 is 0. The van der Waals surface area contributed by atoms with Crippen LogP contribution in [0.2, 0.25) is 0 Å². The first-order chi connectivity index (χ1) is 9.69. The highest BCUT2D eigenvalue weighted by molar-refractivity contribution is 5.44. The molecule has 0 radical (unpaired) electrons. The molecule has 2 N–H and O–H groups in total. The van der Waals surface area contributed by atoms with E-state index >= 15 is 0 Å². The molecule has 0 saturated carbocycles. The molecule has 0 aliphatic carbocycles. The molecule has 1 aromatic carbocycles. The predicted octanol–water partition coefficient (Wildman–Crippen LogP) is 4.04. The maximum atomic E-state index is 13.0. The summed E-state index contributed by atoms with van der Waals surface area (Å²) in [5.74, 6) is 1.21. The molecule has 3 heteroatoms. The van der Waals surface area contributed by atoms with Crippen molar-refractivity contribution in [3.8, 4) is 0 Å². The third-order valence-corrected chi connectivity index (χ3v) is 4.45. The topological polar surface area (TPSA) is 24.1 Å². The number of hydrogen-bond acceptors (Lipinski definition) is 2. The smallest absolute Gasteiger partial charge is 0.123 e. The number of anilines is 1. The second-order valence-electron chi connectivity index (χ2n) is 6.11. The molecule has 3 unspecified atom stereocenters. The van der Waals surface area contributed by atoms with E-state index in [0.29, 0.717) is 12.0 Å². The summed E-state index contributed by atoms with van der Waals surface area (Å²) in [5, 5.41) is 7.14. The van der Waals surface area contributed by atoms with Gasteiger partial charge in [-0.3, -0.25) is 0 Å². The molecule has 0 aromatic heterocycles. The second-order valence-corrected chi connectivity index (χ2v) is 6.11. The van der Waals surface area contributed by atoms with Crippen molar-refractivity contribution in [1.29, 1.82) is 0 Å². The van der Waals surface area contributed by atoms with Gasteiger partial charge in [-0.25, -0.2) is 4.39 Å². The summed E-state index contributed by atoms with van der Waals surface area (Å²) in [6, 6.07) is 7.22. The molecule has 0 spiro atoms. The number of hydrogen-bond donors (Lipinski definition) is 2.